The average Bonchev–Trinajstić information content (AvgIpc) is 3.04. The number of nitro benzene ring substituents is 1. The van der Waals surface area contributed by atoms with E-state index in [2.05, 4.69) is 15.2 Å². The number of hydrogen-bond acceptors (Lipinski definition) is 6. The number of hydrogen-bond donors (Lipinski definition) is 2. The molecule has 0 aliphatic heterocycles. The second-order valence-corrected chi connectivity index (χ2v) is 6.25. The van der Waals surface area contributed by atoms with Gasteiger partial charge in [-0.1, -0.05) is 35.1 Å². The van der Waals surface area contributed by atoms with E-state index in [0.717, 1.165) is 0 Å². The number of nitro groups is 1. The lowest BCUT2D eigenvalue weighted by Crippen LogP contribution is -2.21. The van der Waals surface area contributed by atoms with Gasteiger partial charge in [-0.05, 0) is 0 Å². The zero-order valence-corrected chi connectivity index (χ0v) is 13.5. The standard InChI is InChI=1S/C13H10ClN7O2S/c14-10-6-20-9(5-17-19-12(15)16)11(18-13(20)24-10)7-2-1-3-8(4-7)21(22)23/h1-6H,(H4,15,16,19)/b17-5-. The fourth-order valence-electron chi connectivity index (χ4n) is 2.09. The molecule has 4 N–H and O–H groups in total. The van der Waals surface area contributed by atoms with Crippen molar-refractivity contribution in [3.63, 3.8) is 0 Å². The first-order chi connectivity index (χ1) is 11.5. The van der Waals surface area contributed by atoms with Crippen LogP contribution in [-0.2, 0) is 0 Å². The number of nitrogens with zero attached hydrogens (tertiary/aromatic N) is 5. The fourth-order valence-corrected chi connectivity index (χ4v) is 3.11. The summed E-state index contributed by atoms with van der Waals surface area (Å²) >= 11 is 7.27. The zero-order chi connectivity index (χ0) is 17.3. The van der Waals surface area contributed by atoms with E-state index >= 15 is 0 Å². The molecule has 0 aliphatic carbocycles. The Morgan fingerprint density at radius 1 is 1.46 bits per heavy atom. The minimum Gasteiger partial charge on any atom is -0.369 e. The van der Waals surface area contributed by atoms with Crippen molar-refractivity contribution < 1.29 is 4.92 Å². The van der Waals surface area contributed by atoms with E-state index in [9.17, 15) is 10.1 Å². The maximum absolute atomic E-state index is 11.0. The largest absolute Gasteiger partial charge is 0.369 e. The van der Waals surface area contributed by atoms with Gasteiger partial charge in [-0.15, -0.1) is 5.10 Å². The lowest BCUT2D eigenvalue weighted by atomic mass is 10.1. The van der Waals surface area contributed by atoms with Crippen molar-refractivity contribution in [2.45, 2.75) is 0 Å². The summed E-state index contributed by atoms with van der Waals surface area (Å²) < 4.78 is 2.26. The molecule has 1 aromatic carbocycles. The first kappa shape index (κ1) is 15.9. The number of imidazole rings is 1. The van der Waals surface area contributed by atoms with Gasteiger partial charge < -0.3 is 11.5 Å². The second kappa shape index (κ2) is 6.26. The van der Waals surface area contributed by atoms with Crippen LogP contribution >= 0.6 is 22.9 Å². The Bertz CT molecular complexity index is 988. The number of halogens is 1. The highest BCUT2D eigenvalue weighted by Gasteiger charge is 2.17. The van der Waals surface area contributed by atoms with Crippen LogP contribution in [0.5, 0.6) is 0 Å². The molecule has 0 unspecified atom stereocenters. The van der Waals surface area contributed by atoms with Gasteiger partial charge in [-0.2, -0.15) is 5.10 Å². The smallest absolute Gasteiger partial charge is 0.270 e. The quantitative estimate of drug-likeness (QED) is 0.317. The third-order valence-corrected chi connectivity index (χ3v) is 4.12. The van der Waals surface area contributed by atoms with E-state index in [-0.39, 0.29) is 11.6 Å². The van der Waals surface area contributed by atoms with Crippen molar-refractivity contribution in [3.8, 4) is 11.3 Å². The fraction of sp³-hybridized carbons (Fsp3) is 0. The molecule has 0 saturated heterocycles. The predicted molar refractivity (Wildman–Crippen MR) is 93.6 cm³/mol. The molecule has 0 bridgehead atoms. The van der Waals surface area contributed by atoms with Gasteiger partial charge in [0.1, 0.15) is 4.34 Å². The van der Waals surface area contributed by atoms with Crippen molar-refractivity contribution in [2.75, 3.05) is 0 Å². The SMILES string of the molecule is NC(N)=N/N=C\c1c(-c2cccc([N+](=O)[O-])c2)nc2sc(Cl)cn12. The number of rotatable bonds is 4. The molecule has 24 heavy (non-hydrogen) atoms. The van der Waals surface area contributed by atoms with E-state index in [0.29, 0.717) is 26.2 Å². The van der Waals surface area contributed by atoms with Crippen LogP contribution in [0.1, 0.15) is 5.69 Å². The molecular formula is C13H10ClN7O2S. The first-order valence-electron chi connectivity index (χ1n) is 6.50. The first-order valence-corrected chi connectivity index (χ1v) is 7.69. The summed E-state index contributed by atoms with van der Waals surface area (Å²) in [4.78, 5) is 15.6. The van der Waals surface area contributed by atoms with Gasteiger partial charge in [-0.3, -0.25) is 14.5 Å². The summed E-state index contributed by atoms with van der Waals surface area (Å²) in [6.07, 6.45) is 3.09. The second-order valence-electron chi connectivity index (χ2n) is 4.61. The van der Waals surface area contributed by atoms with Crippen molar-refractivity contribution in [3.05, 3.63) is 50.6 Å². The molecule has 0 aliphatic rings. The average molecular weight is 364 g/mol. The van der Waals surface area contributed by atoms with E-state index < -0.39 is 4.92 Å². The molecule has 9 nitrogen and oxygen atoms in total. The topological polar surface area (TPSA) is 137 Å². The van der Waals surface area contributed by atoms with Crippen LogP contribution in [0.15, 0.2) is 40.7 Å². The molecule has 0 radical (unpaired) electrons. The van der Waals surface area contributed by atoms with Gasteiger partial charge in [0.15, 0.2) is 4.96 Å². The Labute approximate surface area is 144 Å². The summed E-state index contributed by atoms with van der Waals surface area (Å²) in [5.74, 6) is -0.188. The Morgan fingerprint density at radius 2 is 2.25 bits per heavy atom. The molecule has 3 aromatic rings. The summed E-state index contributed by atoms with van der Waals surface area (Å²) in [6, 6.07) is 6.15. The van der Waals surface area contributed by atoms with Gasteiger partial charge in [0, 0.05) is 23.9 Å². The van der Waals surface area contributed by atoms with Crippen molar-refractivity contribution in [2.24, 2.45) is 21.7 Å². The van der Waals surface area contributed by atoms with Crippen LogP contribution in [0.25, 0.3) is 16.2 Å². The third kappa shape index (κ3) is 3.05. The third-order valence-electron chi connectivity index (χ3n) is 3.02. The summed E-state index contributed by atoms with van der Waals surface area (Å²) in [6.45, 7) is 0. The predicted octanol–water partition coefficient (Wildman–Crippen LogP) is 2.23. The molecular weight excluding hydrogens is 354 g/mol. The Hall–Kier alpha value is -2.98. The van der Waals surface area contributed by atoms with Crippen LogP contribution in [0.2, 0.25) is 4.34 Å². The van der Waals surface area contributed by atoms with E-state index in [1.165, 1.54) is 29.7 Å². The van der Waals surface area contributed by atoms with E-state index in [1.807, 2.05) is 0 Å². The number of benzene rings is 1. The molecule has 2 aromatic heterocycles. The molecule has 122 valence electrons. The molecule has 0 atom stereocenters. The zero-order valence-electron chi connectivity index (χ0n) is 12.0. The summed E-state index contributed by atoms with van der Waals surface area (Å²) in [5, 5.41) is 18.3. The number of thiazole rings is 1. The molecule has 0 spiro atoms. The maximum Gasteiger partial charge on any atom is 0.270 e. The highest BCUT2D eigenvalue weighted by molar-refractivity contribution is 7.20. The highest BCUT2D eigenvalue weighted by Crippen LogP contribution is 2.31. The van der Waals surface area contributed by atoms with Crippen LogP contribution in [0.3, 0.4) is 0 Å². The monoisotopic (exact) mass is 363 g/mol. The Morgan fingerprint density at radius 3 is 2.96 bits per heavy atom. The molecule has 2 heterocycles. The van der Waals surface area contributed by atoms with Gasteiger partial charge in [0.05, 0.1) is 22.5 Å². The molecule has 0 amide bonds. The Kier molecular flexibility index (Phi) is 4.15. The van der Waals surface area contributed by atoms with Gasteiger partial charge >= 0.3 is 0 Å². The lowest BCUT2D eigenvalue weighted by molar-refractivity contribution is -0.384. The lowest BCUT2D eigenvalue weighted by Gasteiger charge is -2.00. The van der Waals surface area contributed by atoms with Gasteiger partial charge in [0.2, 0.25) is 5.96 Å². The number of aromatic nitrogens is 2. The minimum atomic E-state index is -0.466. The number of fused-ring (bicyclic) bond motifs is 1. The van der Waals surface area contributed by atoms with Crippen LogP contribution in [0, 0.1) is 10.1 Å². The number of guanidine groups is 1. The molecule has 0 saturated carbocycles. The van der Waals surface area contributed by atoms with Gasteiger partial charge in [-0.25, -0.2) is 4.98 Å². The van der Waals surface area contributed by atoms with Crippen LogP contribution < -0.4 is 11.5 Å². The summed E-state index contributed by atoms with van der Waals surface area (Å²) in [7, 11) is 0. The molecule has 11 heteroatoms. The van der Waals surface area contributed by atoms with E-state index in [4.69, 9.17) is 23.1 Å². The maximum atomic E-state index is 11.0. The van der Waals surface area contributed by atoms with Crippen molar-refractivity contribution in [1.82, 2.24) is 9.38 Å². The molecule has 0 fully saturated rings. The van der Waals surface area contributed by atoms with Crippen molar-refractivity contribution in [1.29, 1.82) is 0 Å². The van der Waals surface area contributed by atoms with Crippen LogP contribution in [-0.4, -0.2) is 26.5 Å². The van der Waals surface area contributed by atoms with Crippen molar-refractivity contribution >= 4 is 45.8 Å². The Balaban J connectivity index is 2.18. The number of nitrogens with two attached hydrogens (primary N) is 2. The van der Waals surface area contributed by atoms with Gasteiger partial charge in [0.25, 0.3) is 5.69 Å². The number of non-ortho nitro benzene ring substituents is 1. The van der Waals surface area contributed by atoms with E-state index in [1.54, 1.807) is 22.7 Å². The minimum absolute atomic E-state index is 0.0333. The summed E-state index contributed by atoms with van der Waals surface area (Å²) in [5.41, 5.74) is 12.1. The normalized spacial score (nSPS) is 11.2. The molecule has 3 rings (SSSR count). The van der Waals surface area contributed by atoms with Crippen LogP contribution in [0.4, 0.5) is 5.69 Å². The highest BCUT2D eigenvalue weighted by atomic mass is 35.5.